The highest BCUT2D eigenvalue weighted by atomic mass is 16.6. The topological polar surface area (TPSA) is 124 Å². The largest absolute Gasteiger partial charge is 0.446 e. The van der Waals surface area contributed by atoms with Gasteiger partial charge in [0.05, 0.1) is 18.2 Å². The van der Waals surface area contributed by atoms with Gasteiger partial charge in [-0.1, -0.05) is 5.16 Å². The highest BCUT2D eigenvalue weighted by molar-refractivity contribution is 5.90. The Morgan fingerprint density at radius 3 is 2.93 bits per heavy atom. The summed E-state index contributed by atoms with van der Waals surface area (Å²) in [6, 6.07) is 1.80. The molecule has 0 bridgehead atoms. The number of carbonyl (C=O) groups excluding carboxylic acids is 2. The fraction of sp³-hybridized carbons (Fsp3) is 0.611. The number of alkyl carbamates (subject to hydrolysis) is 1. The van der Waals surface area contributed by atoms with Crippen molar-refractivity contribution in [1.82, 2.24) is 25.2 Å². The van der Waals surface area contributed by atoms with Gasteiger partial charge < -0.3 is 14.6 Å². The van der Waals surface area contributed by atoms with Crippen LogP contribution in [0.15, 0.2) is 16.9 Å². The van der Waals surface area contributed by atoms with Gasteiger partial charge in [-0.25, -0.2) is 14.5 Å². The third-order valence-electron chi connectivity index (χ3n) is 5.18. The molecule has 2 saturated carbocycles. The van der Waals surface area contributed by atoms with Gasteiger partial charge in [0.15, 0.2) is 0 Å². The van der Waals surface area contributed by atoms with E-state index in [4.69, 9.17) is 9.26 Å². The SMILES string of the molecule is Cc1cc(CC(=O)Nc2ncn(C3CC[C@@H](OC(=O)NC4(C)CC4)C3)n2)on1. The zero-order valence-corrected chi connectivity index (χ0v) is 16.0. The first-order chi connectivity index (χ1) is 13.4. The summed E-state index contributed by atoms with van der Waals surface area (Å²) in [5.74, 6) is 0.459. The van der Waals surface area contributed by atoms with Crippen LogP contribution in [0.2, 0.25) is 0 Å². The molecule has 150 valence electrons. The van der Waals surface area contributed by atoms with Crippen LogP contribution in [0.3, 0.4) is 0 Å². The van der Waals surface area contributed by atoms with E-state index < -0.39 is 0 Å². The number of rotatable bonds is 6. The van der Waals surface area contributed by atoms with E-state index in [0.717, 1.165) is 31.4 Å². The lowest BCUT2D eigenvalue weighted by Gasteiger charge is -2.16. The first-order valence-corrected chi connectivity index (χ1v) is 9.50. The number of nitrogens with zero attached hydrogens (tertiary/aromatic N) is 4. The van der Waals surface area contributed by atoms with E-state index in [1.807, 2.05) is 6.92 Å². The molecular weight excluding hydrogens is 364 g/mol. The van der Waals surface area contributed by atoms with Gasteiger partial charge in [0, 0.05) is 18.0 Å². The third-order valence-corrected chi connectivity index (χ3v) is 5.18. The number of aryl methyl sites for hydroxylation is 1. The van der Waals surface area contributed by atoms with Gasteiger partial charge in [-0.05, 0) is 39.5 Å². The van der Waals surface area contributed by atoms with E-state index in [0.29, 0.717) is 12.2 Å². The monoisotopic (exact) mass is 388 g/mol. The van der Waals surface area contributed by atoms with Gasteiger partial charge in [0.1, 0.15) is 18.2 Å². The van der Waals surface area contributed by atoms with Crippen molar-refractivity contribution in [3.63, 3.8) is 0 Å². The summed E-state index contributed by atoms with van der Waals surface area (Å²) in [6.45, 7) is 3.81. The third kappa shape index (κ3) is 4.49. The maximum Gasteiger partial charge on any atom is 0.407 e. The minimum atomic E-state index is -0.347. The normalized spacial score (nSPS) is 22.6. The minimum absolute atomic E-state index is 0.0722. The minimum Gasteiger partial charge on any atom is -0.446 e. The van der Waals surface area contributed by atoms with Crippen molar-refractivity contribution in [3.8, 4) is 0 Å². The average Bonchev–Trinajstić information content (AvgIpc) is 3.05. The summed E-state index contributed by atoms with van der Waals surface area (Å²) in [5.41, 5.74) is 0.640. The zero-order chi connectivity index (χ0) is 19.7. The van der Waals surface area contributed by atoms with Crippen LogP contribution in [-0.4, -0.2) is 43.6 Å². The molecule has 2 N–H and O–H groups in total. The summed E-state index contributed by atoms with van der Waals surface area (Å²) in [7, 11) is 0. The van der Waals surface area contributed by atoms with Gasteiger partial charge in [-0.2, -0.15) is 0 Å². The van der Waals surface area contributed by atoms with Crippen molar-refractivity contribution in [3.05, 3.63) is 23.8 Å². The fourth-order valence-corrected chi connectivity index (χ4v) is 3.34. The molecule has 2 heterocycles. The van der Waals surface area contributed by atoms with E-state index in [1.165, 1.54) is 0 Å². The van der Waals surface area contributed by atoms with E-state index in [9.17, 15) is 9.59 Å². The first-order valence-electron chi connectivity index (χ1n) is 9.50. The molecule has 4 rings (SSSR count). The summed E-state index contributed by atoms with van der Waals surface area (Å²) in [5, 5.41) is 13.6. The Kier molecular flexibility index (Phi) is 4.78. The molecule has 2 aromatic heterocycles. The molecule has 0 saturated heterocycles. The van der Waals surface area contributed by atoms with Crippen molar-refractivity contribution in [2.75, 3.05) is 5.32 Å². The number of aromatic nitrogens is 4. The molecule has 2 atom stereocenters. The number of hydrogen-bond acceptors (Lipinski definition) is 7. The molecule has 0 radical (unpaired) electrons. The Morgan fingerprint density at radius 1 is 1.39 bits per heavy atom. The lowest BCUT2D eigenvalue weighted by Crippen LogP contribution is -2.36. The predicted octanol–water partition coefficient (Wildman–Crippen LogP) is 2.13. The second-order valence-electron chi connectivity index (χ2n) is 7.89. The molecule has 2 aromatic rings. The summed E-state index contributed by atoms with van der Waals surface area (Å²) in [6.07, 6.45) is 5.47. The molecule has 2 aliphatic carbocycles. The van der Waals surface area contributed by atoms with Crippen LogP contribution < -0.4 is 10.6 Å². The maximum atomic E-state index is 12.1. The Morgan fingerprint density at radius 2 is 2.21 bits per heavy atom. The molecule has 0 aromatic carbocycles. The lowest BCUT2D eigenvalue weighted by atomic mass is 10.2. The molecular formula is C18H24N6O4. The number of nitrogens with one attached hydrogen (secondary N) is 2. The summed E-state index contributed by atoms with van der Waals surface area (Å²) in [4.78, 5) is 28.2. The summed E-state index contributed by atoms with van der Waals surface area (Å²) >= 11 is 0. The maximum absolute atomic E-state index is 12.1. The Balaban J connectivity index is 1.26. The highest BCUT2D eigenvalue weighted by Gasteiger charge is 2.40. The molecule has 28 heavy (non-hydrogen) atoms. The van der Waals surface area contributed by atoms with Gasteiger partial charge in [0.2, 0.25) is 11.9 Å². The Bertz CT molecular complexity index is 871. The van der Waals surface area contributed by atoms with E-state index >= 15 is 0 Å². The Hall–Kier alpha value is -2.91. The van der Waals surface area contributed by atoms with Crippen LogP contribution >= 0.6 is 0 Å². The second-order valence-corrected chi connectivity index (χ2v) is 7.89. The molecule has 2 aliphatic rings. The van der Waals surface area contributed by atoms with Crippen LogP contribution in [0, 0.1) is 6.92 Å². The molecule has 10 heteroatoms. The van der Waals surface area contributed by atoms with Crippen molar-refractivity contribution in [1.29, 1.82) is 0 Å². The van der Waals surface area contributed by atoms with Crippen LogP contribution in [0.4, 0.5) is 10.7 Å². The van der Waals surface area contributed by atoms with E-state index in [1.54, 1.807) is 24.0 Å². The standard InChI is InChI=1S/C18H24N6O4/c1-11-7-14(28-23-11)9-15(25)20-16-19-10-24(22-16)12-3-4-13(8-12)27-17(26)21-18(2)5-6-18/h7,10,12-13H,3-6,8-9H2,1-2H3,(H,21,26)(H,20,22,25)/t12?,13-/m1/s1. The number of ether oxygens (including phenoxy) is 1. The molecule has 2 fully saturated rings. The van der Waals surface area contributed by atoms with Gasteiger partial charge in [-0.3, -0.25) is 10.1 Å². The van der Waals surface area contributed by atoms with Gasteiger partial charge in [-0.15, -0.1) is 5.10 Å². The molecule has 10 nitrogen and oxygen atoms in total. The second kappa shape index (κ2) is 7.25. The number of anilines is 1. The number of amides is 2. The van der Waals surface area contributed by atoms with Crippen LogP contribution in [0.1, 0.15) is 56.5 Å². The quantitative estimate of drug-likeness (QED) is 0.777. The summed E-state index contributed by atoms with van der Waals surface area (Å²) < 4.78 is 12.3. The Labute approximate surface area is 162 Å². The van der Waals surface area contributed by atoms with Gasteiger partial charge in [0.25, 0.3) is 0 Å². The number of carbonyl (C=O) groups is 2. The average molecular weight is 388 g/mol. The van der Waals surface area contributed by atoms with Crippen LogP contribution in [0.5, 0.6) is 0 Å². The molecule has 0 aliphatic heterocycles. The van der Waals surface area contributed by atoms with Crippen molar-refractivity contribution >= 4 is 17.9 Å². The van der Waals surface area contributed by atoms with E-state index in [-0.39, 0.29) is 42.1 Å². The molecule has 2 amide bonds. The van der Waals surface area contributed by atoms with Crippen molar-refractivity contribution in [2.24, 2.45) is 0 Å². The van der Waals surface area contributed by atoms with E-state index in [2.05, 4.69) is 25.9 Å². The zero-order valence-electron chi connectivity index (χ0n) is 16.0. The smallest absolute Gasteiger partial charge is 0.407 e. The molecule has 1 unspecified atom stereocenters. The highest BCUT2D eigenvalue weighted by Crippen LogP contribution is 2.35. The van der Waals surface area contributed by atoms with Gasteiger partial charge >= 0.3 is 6.09 Å². The lowest BCUT2D eigenvalue weighted by molar-refractivity contribution is -0.115. The van der Waals surface area contributed by atoms with Crippen LogP contribution in [0.25, 0.3) is 0 Å². The molecule has 0 spiro atoms. The fourth-order valence-electron chi connectivity index (χ4n) is 3.34. The van der Waals surface area contributed by atoms with Crippen LogP contribution in [-0.2, 0) is 16.0 Å². The first kappa shape index (κ1) is 18.5. The van der Waals surface area contributed by atoms with Crippen molar-refractivity contribution in [2.45, 2.75) is 70.1 Å². The number of hydrogen-bond donors (Lipinski definition) is 2. The van der Waals surface area contributed by atoms with Crippen molar-refractivity contribution < 1.29 is 18.8 Å². The predicted molar refractivity (Wildman–Crippen MR) is 97.5 cm³/mol.